The highest BCUT2D eigenvalue weighted by Crippen LogP contribution is 2.27. The van der Waals surface area contributed by atoms with E-state index in [2.05, 4.69) is 24.5 Å². The first kappa shape index (κ1) is 25.3. The van der Waals surface area contributed by atoms with Crippen LogP contribution >= 0.6 is 0 Å². The molecule has 2 aromatic heterocycles. The average molecular weight is 492 g/mol. The molecular formula is C28H33N3O5. The van der Waals surface area contributed by atoms with Gasteiger partial charge in [-0.2, -0.15) is 0 Å². The second-order valence-electron chi connectivity index (χ2n) is 9.47. The molecule has 2 heterocycles. The van der Waals surface area contributed by atoms with Crippen molar-refractivity contribution < 1.29 is 23.2 Å². The molecule has 0 aliphatic heterocycles. The summed E-state index contributed by atoms with van der Waals surface area (Å²) in [6.45, 7) is 4.00. The molecule has 190 valence electrons. The van der Waals surface area contributed by atoms with E-state index in [-0.39, 0.29) is 30.8 Å². The molecule has 8 heteroatoms. The highest BCUT2D eigenvalue weighted by atomic mass is 16.3. The maximum Gasteiger partial charge on any atom is 0.287 e. The van der Waals surface area contributed by atoms with Gasteiger partial charge in [-0.1, -0.05) is 51.0 Å². The van der Waals surface area contributed by atoms with Crippen LogP contribution in [-0.4, -0.2) is 35.2 Å². The lowest BCUT2D eigenvalue weighted by Crippen LogP contribution is -2.48. The van der Waals surface area contributed by atoms with E-state index >= 15 is 0 Å². The molecule has 0 unspecified atom stereocenters. The van der Waals surface area contributed by atoms with Gasteiger partial charge in [-0.3, -0.25) is 14.4 Å². The fourth-order valence-electron chi connectivity index (χ4n) is 4.53. The number of furan rings is 2. The van der Waals surface area contributed by atoms with E-state index in [1.807, 2.05) is 24.3 Å². The molecule has 0 saturated heterocycles. The number of carbonyl (C=O) groups excluding carboxylic acids is 3. The quantitative estimate of drug-likeness (QED) is 0.433. The van der Waals surface area contributed by atoms with Crippen molar-refractivity contribution in [3.8, 4) is 0 Å². The zero-order valence-electron chi connectivity index (χ0n) is 20.7. The molecule has 4 rings (SSSR count). The van der Waals surface area contributed by atoms with Crippen molar-refractivity contribution in [2.75, 3.05) is 6.54 Å². The van der Waals surface area contributed by atoms with Crippen LogP contribution in [0.2, 0.25) is 0 Å². The van der Waals surface area contributed by atoms with E-state index in [9.17, 15) is 14.4 Å². The van der Waals surface area contributed by atoms with Gasteiger partial charge in [0.05, 0.1) is 25.6 Å². The van der Waals surface area contributed by atoms with E-state index in [0.29, 0.717) is 17.2 Å². The second kappa shape index (κ2) is 11.7. The van der Waals surface area contributed by atoms with Gasteiger partial charge in [0.2, 0.25) is 11.8 Å². The Kier molecular flexibility index (Phi) is 8.25. The molecule has 3 amide bonds. The molecule has 1 aliphatic carbocycles. The molecule has 8 nitrogen and oxygen atoms in total. The van der Waals surface area contributed by atoms with Gasteiger partial charge in [-0.15, -0.1) is 0 Å². The van der Waals surface area contributed by atoms with Crippen LogP contribution in [0.4, 0.5) is 0 Å². The Labute approximate surface area is 211 Å². The third-order valence-corrected chi connectivity index (χ3v) is 6.55. The number of hydrogen-bond donors (Lipinski definition) is 2. The van der Waals surface area contributed by atoms with Gasteiger partial charge >= 0.3 is 0 Å². The first-order valence-corrected chi connectivity index (χ1v) is 12.5. The van der Waals surface area contributed by atoms with Crippen molar-refractivity contribution in [3.63, 3.8) is 0 Å². The Morgan fingerprint density at radius 1 is 0.944 bits per heavy atom. The average Bonchev–Trinajstić information content (AvgIpc) is 3.66. The van der Waals surface area contributed by atoms with E-state index in [1.165, 1.54) is 23.5 Å². The van der Waals surface area contributed by atoms with Crippen LogP contribution in [0.1, 0.15) is 78.9 Å². The molecule has 1 aliphatic rings. The van der Waals surface area contributed by atoms with Crippen molar-refractivity contribution in [1.29, 1.82) is 0 Å². The fourth-order valence-corrected chi connectivity index (χ4v) is 4.53. The standard InChI is InChI=1S/C28H33N3O5/c1-19(2)20-11-13-21(14-12-20)26(28(34)30-22-7-3-4-8-22)31(18-23-9-5-15-35-23)25(32)17-29-27(33)24-10-6-16-36-24/h5-6,9-16,19,22,26H,3-4,7-8,17-18H2,1-2H3,(H,29,33)(H,30,34)/t26-/m1/s1. The van der Waals surface area contributed by atoms with Crippen LogP contribution in [0.5, 0.6) is 0 Å². The predicted octanol–water partition coefficient (Wildman–Crippen LogP) is 4.55. The first-order chi connectivity index (χ1) is 17.4. The van der Waals surface area contributed by atoms with Crippen LogP contribution in [0.3, 0.4) is 0 Å². The molecule has 0 spiro atoms. The predicted molar refractivity (Wildman–Crippen MR) is 134 cm³/mol. The minimum absolute atomic E-state index is 0.0805. The topological polar surface area (TPSA) is 105 Å². The van der Waals surface area contributed by atoms with Crippen LogP contribution < -0.4 is 10.6 Å². The van der Waals surface area contributed by atoms with Crippen LogP contribution in [0.25, 0.3) is 0 Å². The number of nitrogens with one attached hydrogen (secondary N) is 2. The van der Waals surface area contributed by atoms with Gasteiger partial charge in [0, 0.05) is 6.04 Å². The van der Waals surface area contributed by atoms with Crippen molar-refractivity contribution >= 4 is 17.7 Å². The SMILES string of the molecule is CC(C)c1ccc([C@H](C(=O)NC2CCCC2)N(Cc2ccco2)C(=O)CNC(=O)c2ccco2)cc1. The minimum atomic E-state index is -0.884. The smallest absolute Gasteiger partial charge is 0.287 e. The third-order valence-electron chi connectivity index (χ3n) is 6.55. The van der Waals surface area contributed by atoms with Crippen molar-refractivity contribution in [3.05, 3.63) is 83.7 Å². The normalized spacial score (nSPS) is 14.5. The highest BCUT2D eigenvalue weighted by Gasteiger charge is 2.34. The van der Waals surface area contributed by atoms with Crippen LogP contribution in [0, 0.1) is 0 Å². The van der Waals surface area contributed by atoms with Gasteiger partial charge in [0.25, 0.3) is 5.91 Å². The van der Waals surface area contributed by atoms with Crippen molar-refractivity contribution in [1.82, 2.24) is 15.5 Å². The Hall–Kier alpha value is -3.81. The lowest BCUT2D eigenvalue weighted by atomic mass is 9.97. The highest BCUT2D eigenvalue weighted by molar-refractivity contribution is 5.95. The monoisotopic (exact) mass is 491 g/mol. The van der Waals surface area contributed by atoms with E-state index in [0.717, 1.165) is 31.2 Å². The second-order valence-corrected chi connectivity index (χ2v) is 9.47. The molecule has 36 heavy (non-hydrogen) atoms. The number of nitrogens with zero attached hydrogens (tertiary/aromatic N) is 1. The van der Waals surface area contributed by atoms with Gasteiger partial charge in [0.1, 0.15) is 11.8 Å². The number of carbonyl (C=O) groups is 3. The zero-order valence-corrected chi connectivity index (χ0v) is 20.7. The largest absolute Gasteiger partial charge is 0.467 e. The maximum atomic E-state index is 13.7. The number of hydrogen-bond acceptors (Lipinski definition) is 5. The summed E-state index contributed by atoms with van der Waals surface area (Å²) in [6.07, 6.45) is 6.93. The summed E-state index contributed by atoms with van der Waals surface area (Å²) in [4.78, 5) is 41.1. The van der Waals surface area contributed by atoms with Crippen LogP contribution in [0.15, 0.2) is 69.9 Å². The molecular weight excluding hydrogens is 458 g/mol. The summed E-state index contributed by atoms with van der Waals surface area (Å²) >= 11 is 0. The lowest BCUT2D eigenvalue weighted by molar-refractivity contribution is -0.141. The van der Waals surface area contributed by atoms with Gasteiger partial charge < -0.3 is 24.4 Å². The summed E-state index contributed by atoms with van der Waals surface area (Å²) in [6, 6.07) is 13.6. The first-order valence-electron chi connectivity index (χ1n) is 12.5. The molecule has 3 aromatic rings. The summed E-state index contributed by atoms with van der Waals surface area (Å²) < 4.78 is 10.6. The molecule has 1 saturated carbocycles. The van der Waals surface area contributed by atoms with Crippen LogP contribution in [-0.2, 0) is 16.1 Å². The van der Waals surface area contributed by atoms with E-state index < -0.39 is 17.9 Å². The maximum absolute atomic E-state index is 13.7. The minimum Gasteiger partial charge on any atom is -0.467 e. The number of rotatable bonds is 10. The third kappa shape index (κ3) is 6.24. The molecule has 0 radical (unpaired) electrons. The zero-order chi connectivity index (χ0) is 25.5. The number of benzene rings is 1. The molecule has 1 aromatic carbocycles. The Balaban J connectivity index is 1.62. The fraction of sp³-hybridized carbons (Fsp3) is 0.393. The van der Waals surface area contributed by atoms with Gasteiger partial charge in [-0.25, -0.2) is 0 Å². The Morgan fingerprint density at radius 3 is 2.22 bits per heavy atom. The lowest BCUT2D eigenvalue weighted by Gasteiger charge is -2.32. The Bertz CT molecular complexity index is 1130. The van der Waals surface area contributed by atoms with Gasteiger partial charge in [0.15, 0.2) is 5.76 Å². The van der Waals surface area contributed by atoms with E-state index in [1.54, 1.807) is 18.2 Å². The molecule has 2 N–H and O–H groups in total. The van der Waals surface area contributed by atoms with Crippen molar-refractivity contribution in [2.45, 2.75) is 64.1 Å². The summed E-state index contributed by atoms with van der Waals surface area (Å²) in [7, 11) is 0. The molecule has 1 fully saturated rings. The summed E-state index contributed by atoms with van der Waals surface area (Å²) in [5, 5.41) is 5.75. The van der Waals surface area contributed by atoms with Crippen molar-refractivity contribution in [2.24, 2.45) is 0 Å². The summed E-state index contributed by atoms with van der Waals surface area (Å²) in [5.41, 5.74) is 1.84. The molecule has 1 atom stereocenters. The van der Waals surface area contributed by atoms with E-state index in [4.69, 9.17) is 8.83 Å². The van der Waals surface area contributed by atoms with Gasteiger partial charge in [-0.05, 0) is 54.2 Å². The number of amides is 3. The summed E-state index contributed by atoms with van der Waals surface area (Å²) in [5.74, 6) is -0.164. The molecule has 0 bridgehead atoms. The Morgan fingerprint density at radius 2 is 1.61 bits per heavy atom.